The van der Waals surface area contributed by atoms with Gasteiger partial charge in [-0.05, 0) is 24.6 Å². The van der Waals surface area contributed by atoms with Crippen LogP contribution in [0.1, 0.15) is 22.9 Å². The van der Waals surface area contributed by atoms with Gasteiger partial charge in [0.15, 0.2) is 0 Å². The first-order valence-corrected chi connectivity index (χ1v) is 7.77. The summed E-state index contributed by atoms with van der Waals surface area (Å²) in [4.78, 5) is 20.4. The van der Waals surface area contributed by atoms with Crippen LogP contribution in [0.25, 0.3) is 0 Å². The molecular weight excluding hydrogens is 319 g/mol. The number of urea groups is 1. The van der Waals surface area contributed by atoms with E-state index in [0.29, 0.717) is 5.69 Å². The van der Waals surface area contributed by atoms with Crippen molar-refractivity contribution in [1.82, 2.24) is 15.3 Å². The van der Waals surface area contributed by atoms with Crippen molar-refractivity contribution in [2.24, 2.45) is 0 Å². The molecule has 0 saturated carbocycles. The lowest BCUT2D eigenvalue weighted by molar-refractivity contribution is 0.250. The number of amides is 2. The molecule has 5 nitrogen and oxygen atoms in total. The molecule has 0 aliphatic heterocycles. The molecule has 2 aromatic heterocycles. The van der Waals surface area contributed by atoms with Gasteiger partial charge in [-0.15, -0.1) is 0 Å². The lowest BCUT2D eigenvalue weighted by Gasteiger charge is -2.19. The minimum absolute atomic E-state index is 0.279. The molecule has 2 amide bonds. The molecule has 1 aromatic carbocycles. The van der Waals surface area contributed by atoms with Crippen LogP contribution in [0.2, 0.25) is 0 Å². The average Bonchev–Trinajstić information content (AvgIpc) is 2.61. The zero-order valence-corrected chi connectivity index (χ0v) is 13.6. The van der Waals surface area contributed by atoms with Gasteiger partial charge in [0.1, 0.15) is 5.82 Å². The van der Waals surface area contributed by atoms with Crippen LogP contribution >= 0.6 is 0 Å². The molecule has 3 rings (SSSR count). The molecule has 0 saturated heterocycles. The van der Waals surface area contributed by atoms with Crippen molar-refractivity contribution >= 4 is 11.7 Å². The Morgan fingerprint density at radius 1 is 1.12 bits per heavy atom. The molecule has 0 radical (unpaired) electrons. The molecule has 1 atom stereocenters. The first-order chi connectivity index (χ1) is 12.1. The SMILES string of the molecule is Cc1ccc(C(NC(=O)Nc2cncc(F)c2)c2ccccn2)cc1. The van der Waals surface area contributed by atoms with Gasteiger partial charge >= 0.3 is 6.03 Å². The Hall–Kier alpha value is -3.28. The topological polar surface area (TPSA) is 66.9 Å². The third kappa shape index (κ3) is 4.38. The monoisotopic (exact) mass is 336 g/mol. The quantitative estimate of drug-likeness (QED) is 0.761. The van der Waals surface area contributed by atoms with E-state index >= 15 is 0 Å². The third-order valence-corrected chi connectivity index (χ3v) is 3.63. The first kappa shape index (κ1) is 16.6. The molecule has 1 unspecified atom stereocenters. The van der Waals surface area contributed by atoms with E-state index in [4.69, 9.17) is 0 Å². The summed E-state index contributed by atoms with van der Waals surface area (Å²) in [6.07, 6.45) is 4.13. The molecule has 0 bridgehead atoms. The van der Waals surface area contributed by atoms with Crippen molar-refractivity contribution in [3.63, 3.8) is 0 Å². The van der Waals surface area contributed by atoms with Gasteiger partial charge in [-0.1, -0.05) is 35.9 Å². The largest absolute Gasteiger partial charge is 0.325 e. The standard InChI is InChI=1S/C19H17FN4O/c1-13-5-7-14(8-6-13)18(17-4-2-3-9-22-17)24-19(25)23-16-10-15(20)11-21-12-16/h2-12,18H,1H3,(H2,23,24,25). The maximum Gasteiger partial charge on any atom is 0.320 e. The number of pyridine rings is 2. The van der Waals surface area contributed by atoms with E-state index in [1.54, 1.807) is 6.20 Å². The summed E-state index contributed by atoms with van der Waals surface area (Å²) < 4.78 is 13.2. The maximum atomic E-state index is 13.2. The fraction of sp³-hybridized carbons (Fsp3) is 0.105. The molecule has 3 aromatic rings. The number of aryl methyl sites for hydroxylation is 1. The van der Waals surface area contributed by atoms with Crippen LogP contribution in [0.15, 0.2) is 67.1 Å². The summed E-state index contributed by atoms with van der Waals surface area (Å²) in [6.45, 7) is 2.00. The number of carbonyl (C=O) groups is 1. The summed E-state index contributed by atoms with van der Waals surface area (Å²) in [5, 5.41) is 5.46. The normalized spacial score (nSPS) is 11.6. The second-order valence-electron chi connectivity index (χ2n) is 5.59. The lowest BCUT2D eigenvalue weighted by atomic mass is 10.0. The van der Waals surface area contributed by atoms with Gasteiger partial charge in [0, 0.05) is 12.3 Å². The van der Waals surface area contributed by atoms with Gasteiger partial charge in [-0.2, -0.15) is 0 Å². The van der Waals surface area contributed by atoms with E-state index in [1.165, 1.54) is 12.3 Å². The number of halogens is 1. The van der Waals surface area contributed by atoms with Crippen LogP contribution in [0.5, 0.6) is 0 Å². The van der Waals surface area contributed by atoms with Crippen LogP contribution < -0.4 is 10.6 Å². The van der Waals surface area contributed by atoms with E-state index in [-0.39, 0.29) is 5.69 Å². The molecular formula is C19H17FN4O. The van der Waals surface area contributed by atoms with Gasteiger partial charge in [0.2, 0.25) is 0 Å². The highest BCUT2D eigenvalue weighted by molar-refractivity contribution is 5.89. The number of rotatable bonds is 4. The van der Waals surface area contributed by atoms with Crippen molar-refractivity contribution in [2.45, 2.75) is 13.0 Å². The number of carbonyl (C=O) groups excluding carboxylic acids is 1. The lowest BCUT2D eigenvalue weighted by Crippen LogP contribution is -2.33. The smallest absolute Gasteiger partial charge is 0.320 e. The number of nitrogens with zero attached hydrogens (tertiary/aromatic N) is 2. The fourth-order valence-corrected chi connectivity index (χ4v) is 2.41. The molecule has 6 heteroatoms. The zero-order valence-electron chi connectivity index (χ0n) is 13.6. The number of hydrogen-bond acceptors (Lipinski definition) is 3. The predicted octanol–water partition coefficient (Wildman–Crippen LogP) is 3.84. The molecule has 0 fully saturated rings. The third-order valence-electron chi connectivity index (χ3n) is 3.63. The van der Waals surface area contributed by atoms with Crippen molar-refractivity contribution < 1.29 is 9.18 Å². The van der Waals surface area contributed by atoms with E-state index in [2.05, 4.69) is 20.6 Å². The molecule has 126 valence electrons. The van der Waals surface area contributed by atoms with Gasteiger partial charge in [-0.25, -0.2) is 9.18 Å². The highest BCUT2D eigenvalue weighted by Gasteiger charge is 2.18. The highest BCUT2D eigenvalue weighted by atomic mass is 19.1. The number of nitrogens with one attached hydrogen (secondary N) is 2. The van der Waals surface area contributed by atoms with Crippen LogP contribution in [0.3, 0.4) is 0 Å². The van der Waals surface area contributed by atoms with Crippen LogP contribution in [-0.2, 0) is 0 Å². The second-order valence-corrected chi connectivity index (χ2v) is 5.59. The van der Waals surface area contributed by atoms with Crippen molar-refractivity contribution in [1.29, 1.82) is 0 Å². The predicted molar refractivity (Wildman–Crippen MR) is 93.6 cm³/mol. The molecule has 2 N–H and O–H groups in total. The Morgan fingerprint density at radius 3 is 2.60 bits per heavy atom. The second kappa shape index (κ2) is 7.53. The summed E-state index contributed by atoms with van der Waals surface area (Å²) in [5.74, 6) is -0.516. The summed E-state index contributed by atoms with van der Waals surface area (Å²) in [6, 6.07) is 13.7. The average molecular weight is 336 g/mol. The Morgan fingerprint density at radius 2 is 1.92 bits per heavy atom. The summed E-state index contributed by atoms with van der Waals surface area (Å²) in [5.41, 5.74) is 3.01. The Kier molecular flexibility index (Phi) is 4.99. The van der Waals surface area contributed by atoms with E-state index < -0.39 is 17.9 Å². The molecule has 0 aliphatic rings. The van der Waals surface area contributed by atoms with Crippen LogP contribution in [-0.4, -0.2) is 16.0 Å². The maximum absolute atomic E-state index is 13.2. The van der Waals surface area contributed by atoms with E-state index in [1.807, 2.05) is 49.4 Å². The number of aromatic nitrogens is 2. The Balaban J connectivity index is 1.82. The first-order valence-electron chi connectivity index (χ1n) is 7.77. The van der Waals surface area contributed by atoms with Crippen LogP contribution in [0.4, 0.5) is 14.9 Å². The number of anilines is 1. The number of benzene rings is 1. The summed E-state index contributed by atoms with van der Waals surface area (Å²) in [7, 11) is 0. The summed E-state index contributed by atoms with van der Waals surface area (Å²) >= 11 is 0. The van der Waals surface area contributed by atoms with Gasteiger partial charge in [-0.3, -0.25) is 9.97 Å². The highest BCUT2D eigenvalue weighted by Crippen LogP contribution is 2.21. The number of hydrogen-bond donors (Lipinski definition) is 2. The van der Waals surface area contributed by atoms with Gasteiger partial charge in [0.25, 0.3) is 0 Å². The zero-order chi connectivity index (χ0) is 17.6. The molecule has 0 aliphatic carbocycles. The Bertz CT molecular complexity index is 853. The van der Waals surface area contributed by atoms with Crippen molar-refractivity contribution in [3.8, 4) is 0 Å². The van der Waals surface area contributed by atoms with E-state index in [0.717, 1.165) is 17.3 Å². The van der Waals surface area contributed by atoms with Gasteiger partial charge in [0.05, 0.1) is 29.8 Å². The minimum Gasteiger partial charge on any atom is -0.325 e. The fourth-order valence-electron chi connectivity index (χ4n) is 2.41. The molecule has 2 heterocycles. The van der Waals surface area contributed by atoms with E-state index in [9.17, 15) is 9.18 Å². The molecule has 25 heavy (non-hydrogen) atoms. The molecule has 0 spiro atoms. The van der Waals surface area contributed by atoms with Crippen LogP contribution in [0, 0.1) is 12.7 Å². The van der Waals surface area contributed by atoms with Crippen molar-refractivity contribution in [3.05, 3.63) is 89.8 Å². The van der Waals surface area contributed by atoms with Gasteiger partial charge < -0.3 is 10.6 Å². The Labute approximate surface area is 145 Å². The minimum atomic E-state index is -0.516. The van der Waals surface area contributed by atoms with Crippen molar-refractivity contribution in [2.75, 3.05) is 5.32 Å².